The molecule has 0 aliphatic heterocycles. The summed E-state index contributed by atoms with van der Waals surface area (Å²) in [5.41, 5.74) is 0. The van der Waals surface area contributed by atoms with Gasteiger partial charge in [0.1, 0.15) is 9.94 Å². The van der Waals surface area contributed by atoms with Crippen molar-refractivity contribution in [2.75, 3.05) is 0 Å². The second-order valence-electron chi connectivity index (χ2n) is 3.42. The van der Waals surface area contributed by atoms with E-state index in [-0.39, 0.29) is 4.11 Å². The first-order valence-electron chi connectivity index (χ1n) is 4.82. The minimum absolute atomic E-state index is 0.199. The van der Waals surface area contributed by atoms with Crippen molar-refractivity contribution in [2.24, 2.45) is 0 Å². The third kappa shape index (κ3) is 5.19. The Morgan fingerprint density at radius 3 is 2.80 bits per heavy atom. The van der Waals surface area contributed by atoms with Gasteiger partial charge in [0, 0.05) is 18.4 Å². The minimum Gasteiger partial charge on any atom is -0.347 e. The molecule has 0 amide bonds. The minimum atomic E-state index is 0.199. The van der Waals surface area contributed by atoms with Crippen LogP contribution in [-0.2, 0) is 10.7 Å². The van der Waals surface area contributed by atoms with E-state index >= 15 is 0 Å². The summed E-state index contributed by atoms with van der Waals surface area (Å²) in [5, 5.41) is 0. The Morgan fingerprint density at radius 1 is 1.60 bits per heavy atom. The number of nitrogens with zero attached hydrogens (tertiary/aromatic N) is 2. The lowest BCUT2D eigenvalue weighted by Gasteiger charge is -2.23. The van der Waals surface area contributed by atoms with Gasteiger partial charge in [-0.15, -0.1) is 0 Å². The maximum absolute atomic E-state index is 5.50. The normalized spacial score (nSPS) is 13.7. The lowest BCUT2D eigenvalue weighted by atomic mass is 10.4. The molecular formula is C9H16IN3OS. The summed E-state index contributed by atoms with van der Waals surface area (Å²) in [4.78, 5) is 7.28. The third-order valence-corrected chi connectivity index (χ3v) is 3.42. The maximum atomic E-state index is 5.50. The largest absolute Gasteiger partial charge is 0.347 e. The number of H-pyrrole nitrogens is 1. The highest BCUT2D eigenvalue weighted by Gasteiger charge is 2.14. The van der Waals surface area contributed by atoms with Gasteiger partial charge in [-0.2, -0.15) is 0 Å². The van der Waals surface area contributed by atoms with Crippen LogP contribution in [0.15, 0.2) is 12.4 Å². The second-order valence-corrected chi connectivity index (χ2v) is 5.98. The number of rotatable bonds is 6. The fourth-order valence-electron chi connectivity index (χ4n) is 0.942. The van der Waals surface area contributed by atoms with Crippen LogP contribution >= 0.6 is 34.8 Å². The van der Waals surface area contributed by atoms with Crippen LogP contribution in [0.5, 0.6) is 0 Å². The summed E-state index contributed by atoms with van der Waals surface area (Å²) in [5.74, 6) is 0.959. The van der Waals surface area contributed by atoms with Crippen LogP contribution < -0.4 is 0 Å². The summed E-state index contributed by atoms with van der Waals surface area (Å²) < 4.78 is 7.85. The van der Waals surface area contributed by atoms with E-state index in [1.807, 2.05) is 13.1 Å². The standard InChI is InChI=1S/C9H16IN3OS/c1-7(2)13(15-14-8(3)10)6-9-11-4-5-12-9/h4-5,7-8H,6H2,1-3H3,(H,11,12). The number of nitrogens with one attached hydrogen (secondary N) is 1. The fraction of sp³-hybridized carbons (Fsp3) is 0.667. The van der Waals surface area contributed by atoms with Crippen molar-refractivity contribution in [3.63, 3.8) is 0 Å². The number of imidazole rings is 1. The van der Waals surface area contributed by atoms with E-state index in [4.69, 9.17) is 4.18 Å². The highest BCUT2D eigenvalue weighted by molar-refractivity contribution is 14.1. The van der Waals surface area contributed by atoms with Gasteiger partial charge in [0.25, 0.3) is 0 Å². The number of hydrogen-bond acceptors (Lipinski definition) is 4. The Morgan fingerprint density at radius 2 is 2.33 bits per heavy atom. The molecule has 0 spiro atoms. The number of hydrogen-bond donors (Lipinski definition) is 1. The van der Waals surface area contributed by atoms with Gasteiger partial charge >= 0.3 is 0 Å². The quantitative estimate of drug-likeness (QED) is 0.374. The zero-order valence-corrected chi connectivity index (χ0v) is 12.1. The van der Waals surface area contributed by atoms with Crippen molar-refractivity contribution in [3.8, 4) is 0 Å². The van der Waals surface area contributed by atoms with Crippen molar-refractivity contribution in [3.05, 3.63) is 18.2 Å². The molecule has 1 heterocycles. The van der Waals surface area contributed by atoms with E-state index in [9.17, 15) is 0 Å². The first kappa shape index (κ1) is 13.3. The zero-order chi connectivity index (χ0) is 11.3. The predicted molar refractivity (Wildman–Crippen MR) is 71.4 cm³/mol. The van der Waals surface area contributed by atoms with Crippen LogP contribution in [0, 0.1) is 0 Å². The number of halogens is 1. The Balaban J connectivity index is 2.44. The molecule has 0 aliphatic carbocycles. The maximum Gasteiger partial charge on any atom is 0.122 e. The molecular weight excluding hydrogens is 325 g/mol. The SMILES string of the molecule is CC(I)OSN(Cc1ncc[nH]1)C(C)C. The van der Waals surface area contributed by atoms with E-state index in [2.05, 4.69) is 50.7 Å². The molecule has 1 rings (SSSR count). The first-order chi connectivity index (χ1) is 7.09. The summed E-state index contributed by atoms with van der Waals surface area (Å²) in [6.07, 6.45) is 3.60. The molecule has 0 saturated heterocycles. The molecule has 6 heteroatoms. The molecule has 1 N–H and O–H groups in total. The van der Waals surface area contributed by atoms with Gasteiger partial charge in [0.2, 0.25) is 0 Å². The topological polar surface area (TPSA) is 41.1 Å². The zero-order valence-electron chi connectivity index (χ0n) is 9.11. The molecule has 0 aromatic carbocycles. The van der Waals surface area contributed by atoms with Crippen LogP contribution in [-0.4, -0.2) is 24.4 Å². The predicted octanol–water partition coefficient (Wildman–Crippen LogP) is 2.98. The molecule has 0 aliphatic rings. The molecule has 0 fully saturated rings. The van der Waals surface area contributed by atoms with Crippen LogP contribution in [0.3, 0.4) is 0 Å². The second kappa shape index (κ2) is 6.72. The lowest BCUT2D eigenvalue weighted by Crippen LogP contribution is -2.24. The summed E-state index contributed by atoms with van der Waals surface area (Å²) in [6.45, 7) is 7.05. The van der Waals surface area contributed by atoms with Crippen LogP contribution in [0.4, 0.5) is 0 Å². The van der Waals surface area contributed by atoms with Crippen LogP contribution in [0.2, 0.25) is 0 Å². The Labute approximate surface area is 109 Å². The summed E-state index contributed by atoms with van der Waals surface area (Å²) in [7, 11) is 0. The molecule has 1 unspecified atom stereocenters. The number of alkyl halides is 1. The van der Waals surface area contributed by atoms with Crippen molar-refractivity contribution >= 4 is 34.8 Å². The van der Waals surface area contributed by atoms with E-state index < -0.39 is 0 Å². The van der Waals surface area contributed by atoms with Crippen molar-refractivity contribution in [1.29, 1.82) is 0 Å². The molecule has 1 atom stereocenters. The molecule has 0 radical (unpaired) electrons. The van der Waals surface area contributed by atoms with Crippen LogP contribution in [0.25, 0.3) is 0 Å². The fourth-order valence-corrected chi connectivity index (χ4v) is 1.80. The van der Waals surface area contributed by atoms with Crippen molar-refractivity contribution in [1.82, 2.24) is 14.3 Å². The summed E-state index contributed by atoms with van der Waals surface area (Å²) >= 11 is 3.64. The third-order valence-electron chi connectivity index (χ3n) is 1.71. The smallest absolute Gasteiger partial charge is 0.122 e. The van der Waals surface area contributed by atoms with Gasteiger partial charge in [-0.3, -0.25) is 4.18 Å². The van der Waals surface area contributed by atoms with Gasteiger partial charge in [-0.05, 0) is 43.4 Å². The van der Waals surface area contributed by atoms with Crippen LogP contribution in [0.1, 0.15) is 26.6 Å². The van der Waals surface area contributed by atoms with E-state index in [1.165, 1.54) is 12.2 Å². The van der Waals surface area contributed by atoms with Gasteiger partial charge in [-0.25, -0.2) is 9.29 Å². The molecule has 1 aromatic heterocycles. The van der Waals surface area contributed by atoms with Gasteiger partial charge in [0.15, 0.2) is 0 Å². The monoisotopic (exact) mass is 341 g/mol. The van der Waals surface area contributed by atoms with Crippen molar-refractivity contribution in [2.45, 2.75) is 37.5 Å². The van der Waals surface area contributed by atoms with Crippen molar-refractivity contribution < 1.29 is 4.18 Å². The van der Waals surface area contributed by atoms with E-state index in [0.29, 0.717) is 6.04 Å². The summed E-state index contributed by atoms with van der Waals surface area (Å²) in [6, 6.07) is 0.412. The molecule has 86 valence electrons. The Kier molecular flexibility index (Phi) is 5.95. The number of aromatic amines is 1. The average Bonchev–Trinajstić information content (AvgIpc) is 2.63. The van der Waals surface area contributed by atoms with Gasteiger partial charge in [-0.1, -0.05) is 0 Å². The van der Waals surface area contributed by atoms with E-state index in [0.717, 1.165) is 12.4 Å². The lowest BCUT2D eigenvalue weighted by molar-refractivity contribution is 0.308. The molecule has 4 nitrogen and oxygen atoms in total. The molecule has 1 aromatic rings. The molecule has 0 saturated carbocycles. The number of aromatic nitrogens is 2. The highest BCUT2D eigenvalue weighted by Crippen LogP contribution is 2.21. The molecule has 15 heavy (non-hydrogen) atoms. The Bertz CT molecular complexity index is 266. The Hall–Kier alpha value is 0.210. The van der Waals surface area contributed by atoms with Gasteiger partial charge < -0.3 is 4.98 Å². The highest BCUT2D eigenvalue weighted by atomic mass is 127. The average molecular weight is 341 g/mol. The first-order valence-corrected chi connectivity index (χ1v) is 6.76. The van der Waals surface area contributed by atoms with Gasteiger partial charge in [0.05, 0.1) is 18.8 Å². The van der Waals surface area contributed by atoms with E-state index in [1.54, 1.807) is 6.20 Å². The molecule has 0 bridgehead atoms.